The number of thiol groups is 1. The van der Waals surface area contributed by atoms with Crippen LogP contribution >= 0.6 is 24.0 Å². The number of aryl methyl sites for hydroxylation is 1. The van der Waals surface area contributed by atoms with Gasteiger partial charge in [-0.05, 0) is 77.4 Å². The zero-order chi connectivity index (χ0) is 19.8. The molecule has 28 heavy (non-hydrogen) atoms. The molecular formula is C21H31N3O2S2. The van der Waals surface area contributed by atoms with Crippen LogP contribution in [0.1, 0.15) is 61.8 Å². The van der Waals surface area contributed by atoms with E-state index < -0.39 is 6.10 Å². The lowest BCUT2D eigenvalue weighted by Crippen LogP contribution is -2.35. The fraction of sp³-hybridized carbons (Fsp3) is 0.714. The van der Waals surface area contributed by atoms with E-state index in [1.165, 1.54) is 23.3 Å². The fourth-order valence-electron chi connectivity index (χ4n) is 4.69. The summed E-state index contributed by atoms with van der Waals surface area (Å²) in [6.45, 7) is 1.82. The summed E-state index contributed by atoms with van der Waals surface area (Å²) in [5.41, 5.74) is 1.36. The van der Waals surface area contributed by atoms with Crippen molar-refractivity contribution >= 4 is 34.2 Å². The second-order valence-corrected chi connectivity index (χ2v) is 10.3. The predicted molar refractivity (Wildman–Crippen MR) is 118 cm³/mol. The molecule has 7 heteroatoms. The number of rotatable bonds is 6. The molecule has 0 aromatic carbocycles. The molecule has 2 aromatic rings. The quantitative estimate of drug-likeness (QED) is 0.690. The van der Waals surface area contributed by atoms with Gasteiger partial charge in [0.05, 0.1) is 11.5 Å². The number of hydrogen-bond donors (Lipinski definition) is 2. The molecule has 3 atom stereocenters. The van der Waals surface area contributed by atoms with Crippen LogP contribution in [0.4, 0.5) is 0 Å². The summed E-state index contributed by atoms with van der Waals surface area (Å²) in [5.74, 6) is 1.16. The minimum absolute atomic E-state index is 0.0128. The molecule has 2 heterocycles. The minimum Gasteiger partial charge on any atom is -0.474 e. The van der Waals surface area contributed by atoms with Crippen LogP contribution in [0, 0.1) is 0 Å². The van der Waals surface area contributed by atoms with Crippen molar-refractivity contribution in [1.29, 1.82) is 0 Å². The molecule has 3 unspecified atom stereocenters. The van der Waals surface area contributed by atoms with Gasteiger partial charge in [-0.3, -0.25) is 0 Å². The number of thiophene rings is 1. The molecule has 2 aliphatic carbocycles. The summed E-state index contributed by atoms with van der Waals surface area (Å²) < 4.78 is 6.45. The van der Waals surface area contributed by atoms with Gasteiger partial charge in [-0.15, -0.1) is 11.3 Å². The highest BCUT2D eigenvalue weighted by atomic mass is 32.1. The third-order valence-corrected chi connectivity index (χ3v) is 8.25. The van der Waals surface area contributed by atoms with Crippen LogP contribution in [0.3, 0.4) is 0 Å². The summed E-state index contributed by atoms with van der Waals surface area (Å²) in [6.07, 6.45) is 9.03. The van der Waals surface area contributed by atoms with Crippen molar-refractivity contribution in [3.8, 4) is 5.88 Å². The average Bonchev–Trinajstić information content (AvgIpc) is 3.22. The smallest absolute Gasteiger partial charge is 0.225 e. The van der Waals surface area contributed by atoms with Crippen molar-refractivity contribution in [2.24, 2.45) is 0 Å². The maximum absolute atomic E-state index is 9.90. The van der Waals surface area contributed by atoms with E-state index in [1.54, 1.807) is 17.7 Å². The molecular weight excluding hydrogens is 390 g/mol. The number of fused-ring (bicyclic) bond motifs is 3. The molecule has 5 nitrogen and oxygen atoms in total. The van der Waals surface area contributed by atoms with Gasteiger partial charge in [0, 0.05) is 16.2 Å². The summed E-state index contributed by atoms with van der Waals surface area (Å²) >= 11 is 6.39. The first-order valence-electron chi connectivity index (χ1n) is 10.4. The van der Waals surface area contributed by atoms with Gasteiger partial charge in [-0.1, -0.05) is 0 Å². The van der Waals surface area contributed by atoms with Crippen LogP contribution in [0.25, 0.3) is 10.2 Å². The van der Waals surface area contributed by atoms with E-state index in [9.17, 15) is 5.11 Å². The molecule has 0 spiro atoms. The highest BCUT2D eigenvalue weighted by Crippen LogP contribution is 2.48. The first-order chi connectivity index (χ1) is 13.4. The molecule has 1 fully saturated rings. The van der Waals surface area contributed by atoms with Gasteiger partial charge in [0.1, 0.15) is 17.3 Å². The number of hydrogen-bond acceptors (Lipinski definition) is 7. The normalized spacial score (nSPS) is 27.1. The van der Waals surface area contributed by atoms with Crippen molar-refractivity contribution in [1.82, 2.24) is 14.9 Å². The molecule has 0 saturated heterocycles. The predicted octanol–water partition coefficient (Wildman–Crippen LogP) is 4.04. The van der Waals surface area contributed by atoms with Gasteiger partial charge in [0.2, 0.25) is 5.88 Å². The Labute approximate surface area is 176 Å². The molecule has 0 amide bonds. The molecule has 2 aromatic heterocycles. The topological polar surface area (TPSA) is 58.5 Å². The molecule has 0 radical (unpaired) electrons. The summed E-state index contributed by atoms with van der Waals surface area (Å²) in [4.78, 5) is 13.9. The summed E-state index contributed by atoms with van der Waals surface area (Å²) in [7, 11) is 4.33. The highest BCUT2D eigenvalue weighted by molar-refractivity contribution is 7.81. The monoisotopic (exact) mass is 421 g/mol. The van der Waals surface area contributed by atoms with E-state index in [0.29, 0.717) is 12.0 Å². The lowest BCUT2D eigenvalue weighted by molar-refractivity contribution is 0.108. The lowest BCUT2D eigenvalue weighted by atomic mass is 9.92. The van der Waals surface area contributed by atoms with Crippen LogP contribution < -0.4 is 4.74 Å². The molecule has 4 rings (SSSR count). The number of aliphatic hydroxyl groups excluding tert-OH is 1. The van der Waals surface area contributed by atoms with Crippen LogP contribution in [-0.4, -0.2) is 57.6 Å². The second kappa shape index (κ2) is 8.46. The van der Waals surface area contributed by atoms with Crippen molar-refractivity contribution in [3.63, 3.8) is 0 Å². The van der Waals surface area contributed by atoms with Crippen LogP contribution in [0.5, 0.6) is 5.88 Å². The van der Waals surface area contributed by atoms with Gasteiger partial charge in [0.15, 0.2) is 0 Å². The van der Waals surface area contributed by atoms with Crippen molar-refractivity contribution in [2.75, 3.05) is 14.1 Å². The summed E-state index contributed by atoms with van der Waals surface area (Å²) in [6, 6.07) is 0.660. The Morgan fingerprint density at radius 2 is 2.00 bits per heavy atom. The number of ether oxygens (including phenoxy) is 1. The van der Waals surface area contributed by atoms with Crippen molar-refractivity contribution < 1.29 is 9.84 Å². The molecule has 2 aliphatic rings. The standard InChI is InChI=1S/C21H31N3O2S2/c1-12(25)16(27)10-13-4-9-17-18(13)19-20(22-11-23-21(19)28-17)26-15-7-5-14(6-8-15)24(2)3/h11-16,25,27H,4-10H2,1-3H3. The third kappa shape index (κ3) is 4.04. The Morgan fingerprint density at radius 3 is 2.68 bits per heavy atom. The van der Waals surface area contributed by atoms with E-state index in [2.05, 4.69) is 41.6 Å². The lowest BCUT2D eigenvalue weighted by Gasteiger charge is -2.32. The molecule has 1 N–H and O–H groups in total. The fourth-order valence-corrected chi connectivity index (χ4v) is 6.18. The van der Waals surface area contributed by atoms with E-state index >= 15 is 0 Å². The molecule has 154 valence electrons. The second-order valence-electron chi connectivity index (χ2n) is 8.59. The Morgan fingerprint density at radius 1 is 1.25 bits per heavy atom. The number of aromatic nitrogens is 2. The average molecular weight is 422 g/mol. The van der Waals surface area contributed by atoms with Gasteiger partial charge >= 0.3 is 0 Å². The van der Waals surface area contributed by atoms with E-state index in [0.717, 1.165) is 48.2 Å². The van der Waals surface area contributed by atoms with Crippen molar-refractivity contribution in [2.45, 2.75) is 81.3 Å². The van der Waals surface area contributed by atoms with Gasteiger partial charge < -0.3 is 14.7 Å². The first-order valence-corrected chi connectivity index (χ1v) is 11.7. The zero-order valence-corrected chi connectivity index (χ0v) is 18.7. The first kappa shape index (κ1) is 20.4. The number of nitrogens with zero attached hydrogens (tertiary/aromatic N) is 3. The Balaban J connectivity index is 1.57. The largest absolute Gasteiger partial charge is 0.474 e. The maximum atomic E-state index is 9.90. The van der Waals surface area contributed by atoms with E-state index in [1.807, 2.05) is 6.92 Å². The van der Waals surface area contributed by atoms with E-state index in [-0.39, 0.29) is 11.4 Å². The number of aliphatic hydroxyl groups is 1. The van der Waals surface area contributed by atoms with Crippen molar-refractivity contribution in [3.05, 3.63) is 16.8 Å². The molecule has 0 bridgehead atoms. The summed E-state index contributed by atoms with van der Waals surface area (Å²) in [5, 5.41) is 11.0. The van der Waals surface area contributed by atoms with Gasteiger partial charge in [-0.25, -0.2) is 9.97 Å². The van der Waals surface area contributed by atoms with E-state index in [4.69, 9.17) is 4.74 Å². The van der Waals surface area contributed by atoms with Crippen LogP contribution in [0.15, 0.2) is 6.33 Å². The molecule has 1 saturated carbocycles. The zero-order valence-electron chi connectivity index (χ0n) is 17.0. The van der Waals surface area contributed by atoms with Gasteiger partial charge in [-0.2, -0.15) is 12.6 Å². The van der Waals surface area contributed by atoms with Crippen LogP contribution in [-0.2, 0) is 6.42 Å². The maximum Gasteiger partial charge on any atom is 0.225 e. The highest BCUT2D eigenvalue weighted by Gasteiger charge is 2.33. The SMILES string of the molecule is CC(O)C(S)CC1CCc2sc3ncnc(OC4CCC(N(C)C)CC4)c3c21. The Hall–Kier alpha value is -0.890. The third-order valence-electron chi connectivity index (χ3n) is 6.43. The Kier molecular flexibility index (Phi) is 6.16. The van der Waals surface area contributed by atoms with Crippen LogP contribution in [0.2, 0.25) is 0 Å². The Bertz CT molecular complexity index is 815. The molecule has 0 aliphatic heterocycles. The van der Waals surface area contributed by atoms with Gasteiger partial charge in [0.25, 0.3) is 0 Å². The minimum atomic E-state index is -0.406.